The van der Waals surface area contributed by atoms with E-state index in [2.05, 4.69) is 64.2 Å². The Kier molecular flexibility index (Phi) is 3.42. The van der Waals surface area contributed by atoms with E-state index in [1.807, 2.05) is 6.92 Å². The smallest absolute Gasteiger partial charge is 0.242 e. The minimum Gasteiger partial charge on any atom is -0.308 e. The Morgan fingerprint density at radius 1 is 1.50 bits per heavy atom. The van der Waals surface area contributed by atoms with Gasteiger partial charge in [0.2, 0.25) is 5.91 Å². The predicted octanol–water partition coefficient (Wildman–Crippen LogP) is 3.04. The molecule has 1 saturated carbocycles. The van der Waals surface area contributed by atoms with Gasteiger partial charge in [0.25, 0.3) is 0 Å². The molecule has 3 atom stereocenters. The molecule has 6 heteroatoms. The number of halogens is 1. The van der Waals surface area contributed by atoms with Crippen LogP contribution >= 0.6 is 15.9 Å². The Hall–Kier alpha value is -1.01. The average Bonchev–Trinajstić information content (AvgIpc) is 2.88. The van der Waals surface area contributed by atoms with E-state index in [4.69, 9.17) is 0 Å². The minimum absolute atomic E-state index is 0.0258. The maximum Gasteiger partial charge on any atom is 0.242 e. The summed E-state index contributed by atoms with van der Waals surface area (Å²) in [6.45, 7) is 10.9. The van der Waals surface area contributed by atoms with Gasteiger partial charge >= 0.3 is 0 Å². The Balaban J connectivity index is 1.72. The molecule has 2 aliphatic rings. The zero-order valence-corrected chi connectivity index (χ0v) is 15.3. The zero-order valence-electron chi connectivity index (χ0n) is 13.7. The van der Waals surface area contributed by atoms with Crippen molar-refractivity contribution in [3.05, 3.63) is 16.5 Å². The number of aryl methyl sites for hydroxylation is 1. The monoisotopic (exact) mass is 366 g/mol. The first-order valence-electron chi connectivity index (χ1n) is 7.66. The van der Waals surface area contributed by atoms with Crippen LogP contribution in [-0.4, -0.2) is 27.5 Å². The fourth-order valence-corrected chi connectivity index (χ4v) is 4.35. The second kappa shape index (κ2) is 4.74. The molecule has 1 aliphatic heterocycles. The van der Waals surface area contributed by atoms with Crippen molar-refractivity contribution in [1.29, 1.82) is 0 Å². The number of nitrogens with one attached hydrogen (secondary N) is 2. The number of fused-ring (bicyclic) bond motifs is 1. The van der Waals surface area contributed by atoms with Gasteiger partial charge in [-0.1, -0.05) is 27.7 Å². The molecule has 0 spiro atoms. The average molecular weight is 367 g/mol. The van der Waals surface area contributed by atoms with Gasteiger partial charge in [-0.05, 0) is 46.5 Å². The summed E-state index contributed by atoms with van der Waals surface area (Å²) < 4.78 is 0.658. The summed E-state index contributed by atoms with van der Waals surface area (Å²) in [4.78, 5) is 21.0. The van der Waals surface area contributed by atoms with Crippen molar-refractivity contribution in [3.63, 3.8) is 0 Å². The molecule has 22 heavy (non-hydrogen) atoms. The molecule has 3 rings (SSSR count). The maximum atomic E-state index is 12.5. The van der Waals surface area contributed by atoms with Crippen molar-refractivity contribution < 1.29 is 4.79 Å². The van der Waals surface area contributed by atoms with E-state index in [0.717, 1.165) is 18.5 Å². The zero-order chi connectivity index (χ0) is 16.3. The third-order valence-corrected chi connectivity index (χ3v) is 6.13. The molecule has 1 amide bonds. The van der Waals surface area contributed by atoms with Crippen LogP contribution in [0, 0.1) is 17.8 Å². The molecule has 5 nitrogen and oxygen atoms in total. The molecule has 2 fully saturated rings. The summed E-state index contributed by atoms with van der Waals surface area (Å²) >= 11 is 3.34. The van der Waals surface area contributed by atoms with Crippen molar-refractivity contribution in [2.75, 3.05) is 5.32 Å². The van der Waals surface area contributed by atoms with Crippen molar-refractivity contribution in [1.82, 2.24) is 15.3 Å². The van der Waals surface area contributed by atoms with Crippen LogP contribution in [0.3, 0.4) is 0 Å². The van der Waals surface area contributed by atoms with Gasteiger partial charge in [0.1, 0.15) is 4.60 Å². The van der Waals surface area contributed by atoms with Gasteiger partial charge in [-0.2, -0.15) is 0 Å². The second-order valence-corrected chi connectivity index (χ2v) is 8.67. The van der Waals surface area contributed by atoms with Crippen LogP contribution in [0.4, 0.5) is 5.82 Å². The fraction of sp³-hybridized carbons (Fsp3) is 0.688. The van der Waals surface area contributed by atoms with Gasteiger partial charge in [0.05, 0.1) is 17.9 Å². The molecule has 1 aliphatic carbocycles. The van der Waals surface area contributed by atoms with E-state index >= 15 is 0 Å². The largest absolute Gasteiger partial charge is 0.308 e. The highest BCUT2D eigenvalue weighted by atomic mass is 79.9. The number of anilines is 1. The lowest BCUT2D eigenvalue weighted by Gasteiger charge is -2.32. The molecule has 2 heterocycles. The molecule has 1 aromatic heterocycles. The molecule has 0 aromatic carbocycles. The van der Waals surface area contributed by atoms with Crippen molar-refractivity contribution in [2.45, 2.75) is 59.0 Å². The molecule has 2 N–H and O–H groups in total. The van der Waals surface area contributed by atoms with Crippen molar-refractivity contribution in [3.8, 4) is 0 Å². The second-order valence-electron chi connectivity index (χ2n) is 7.91. The van der Waals surface area contributed by atoms with E-state index in [1.165, 1.54) is 0 Å². The van der Waals surface area contributed by atoms with Crippen LogP contribution in [-0.2, 0) is 4.79 Å². The maximum absolute atomic E-state index is 12.5. The van der Waals surface area contributed by atoms with E-state index in [0.29, 0.717) is 10.4 Å². The molecular weight excluding hydrogens is 344 g/mol. The Morgan fingerprint density at radius 2 is 2.18 bits per heavy atom. The van der Waals surface area contributed by atoms with Gasteiger partial charge in [-0.15, -0.1) is 0 Å². The number of carbonyl (C=O) groups is 1. The first-order chi connectivity index (χ1) is 10.1. The van der Waals surface area contributed by atoms with Crippen LogP contribution in [0.15, 0.2) is 10.8 Å². The number of carbonyl (C=O) groups excluding carboxylic acids is 1. The summed E-state index contributed by atoms with van der Waals surface area (Å²) in [5.41, 5.74) is 1.23. The molecule has 1 saturated heterocycles. The summed E-state index contributed by atoms with van der Waals surface area (Å²) in [5, 5.41) is 6.47. The predicted molar refractivity (Wildman–Crippen MR) is 89.5 cm³/mol. The highest BCUT2D eigenvalue weighted by Gasteiger charge is 2.74. The molecule has 1 aromatic rings. The lowest BCUT2D eigenvalue weighted by atomic mass is 9.80. The van der Waals surface area contributed by atoms with Crippen LogP contribution in [0.25, 0.3) is 0 Å². The normalized spacial score (nSPS) is 33.5. The number of hydrogen-bond donors (Lipinski definition) is 2. The van der Waals surface area contributed by atoms with Gasteiger partial charge in [-0.3, -0.25) is 15.1 Å². The standard InChI is InChI=1S/C16H23BrN4O/c1-9-12(17)19-11(7-18-9)20-13(22)10-6-15(5)8-16(15,21-10)14(2,3)4/h7,10,21H,6,8H2,1-5H3,(H,19,20,22)/t10-,15+,16+/m0/s1. The topological polar surface area (TPSA) is 66.9 Å². The van der Waals surface area contributed by atoms with Gasteiger partial charge in [-0.25, -0.2) is 4.98 Å². The Labute approximate surface area is 139 Å². The van der Waals surface area contributed by atoms with E-state index < -0.39 is 0 Å². The SMILES string of the molecule is Cc1ncc(NC(=O)[C@@H]2C[C@]3(C)C[C@]3(C(C)(C)C)N2)nc1Br. The molecule has 0 radical (unpaired) electrons. The van der Waals surface area contributed by atoms with E-state index in [1.54, 1.807) is 6.20 Å². The number of hydrogen-bond acceptors (Lipinski definition) is 4. The van der Waals surface area contributed by atoms with Gasteiger partial charge < -0.3 is 5.32 Å². The highest BCUT2D eigenvalue weighted by Crippen LogP contribution is 2.69. The van der Waals surface area contributed by atoms with E-state index in [9.17, 15) is 4.79 Å². The number of amides is 1. The third-order valence-electron chi connectivity index (χ3n) is 5.38. The van der Waals surface area contributed by atoms with Crippen molar-refractivity contribution >= 4 is 27.7 Å². The highest BCUT2D eigenvalue weighted by molar-refractivity contribution is 9.10. The number of aromatic nitrogens is 2. The summed E-state index contributed by atoms with van der Waals surface area (Å²) in [6.07, 6.45) is 3.61. The first-order valence-corrected chi connectivity index (χ1v) is 8.45. The minimum atomic E-state index is -0.167. The molecule has 0 bridgehead atoms. The van der Waals surface area contributed by atoms with E-state index in [-0.39, 0.29) is 28.3 Å². The summed E-state index contributed by atoms with van der Waals surface area (Å²) in [7, 11) is 0. The number of piperidine rings is 1. The summed E-state index contributed by atoms with van der Waals surface area (Å²) in [5.74, 6) is 0.460. The van der Waals surface area contributed by atoms with Crippen LogP contribution in [0.5, 0.6) is 0 Å². The fourth-order valence-electron chi connectivity index (χ4n) is 4.06. The first kappa shape index (κ1) is 15.9. The lowest BCUT2D eigenvalue weighted by molar-refractivity contribution is -0.118. The summed E-state index contributed by atoms with van der Waals surface area (Å²) in [6, 6.07) is -0.167. The van der Waals surface area contributed by atoms with Crippen LogP contribution in [0.2, 0.25) is 0 Å². The Morgan fingerprint density at radius 3 is 2.73 bits per heavy atom. The van der Waals surface area contributed by atoms with Gasteiger partial charge in [0, 0.05) is 5.54 Å². The molecule has 120 valence electrons. The lowest BCUT2D eigenvalue weighted by Crippen LogP contribution is -2.49. The van der Waals surface area contributed by atoms with Gasteiger partial charge in [0.15, 0.2) is 5.82 Å². The third kappa shape index (κ3) is 2.27. The van der Waals surface area contributed by atoms with Crippen LogP contribution in [0.1, 0.15) is 46.2 Å². The number of rotatable bonds is 2. The van der Waals surface area contributed by atoms with Crippen LogP contribution < -0.4 is 10.6 Å². The molecule has 0 unspecified atom stereocenters. The van der Waals surface area contributed by atoms with Crippen molar-refractivity contribution in [2.24, 2.45) is 10.8 Å². The number of nitrogens with zero attached hydrogens (tertiary/aromatic N) is 2. The molecular formula is C16H23BrN4O. The Bertz CT molecular complexity index is 642. The quantitative estimate of drug-likeness (QED) is 0.843.